The number of hydrogen-bond donors (Lipinski definition) is 2. The molecule has 0 radical (unpaired) electrons. The number of imide groups is 1. The van der Waals surface area contributed by atoms with E-state index in [1.54, 1.807) is 20.8 Å². The first-order valence-electron chi connectivity index (χ1n) is 7.23. The zero-order chi connectivity index (χ0) is 18.3. The third kappa shape index (κ3) is 8.35. The molecule has 1 rings (SSSR count). The molecule has 0 saturated carbocycles. The lowest BCUT2D eigenvalue weighted by Crippen LogP contribution is -2.49. The number of urea groups is 1. The van der Waals surface area contributed by atoms with Gasteiger partial charge in [0, 0.05) is 14.9 Å². The number of halogens is 1. The van der Waals surface area contributed by atoms with Gasteiger partial charge in [0.15, 0.2) is 6.61 Å². The van der Waals surface area contributed by atoms with Crippen molar-refractivity contribution >= 4 is 45.6 Å². The Morgan fingerprint density at radius 1 is 1.25 bits per heavy atom. The number of thioether (sulfide) groups is 1. The molecule has 1 aromatic carbocycles. The fourth-order valence-corrected chi connectivity index (χ4v) is 2.92. The van der Waals surface area contributed by atoms with Crippen LogP contribution in [0.5, 0.6) is 0 Å². The maximum absolute atomic E-state index is 11.7. The Morgan fingerprint density at radius 3 is 2.50 bits per heavy atom. The average molecular weight is 417 g/mol. The summed E-state index contributed by atoms with van der Waals surface area (Å²) in [7, 11) is 0. The summed E-state index contributed by atoms with van der Waals surface area (Å²) in [5, 5.41) is 4.68. The minimum Gasteiger partial charge on any atom is -0.455 e. The summed E-state index contributed by atoms with van der Waals surface area (Å²) in [6.07, 6.45) is 0. The van der Waals surface area contributed by atoms with Crippen LogP contribution >= 0.6 is 27.7 Å². The second-order valence-electron chi connectivity index (χ2n) is 6.11. The van der Waals surface area contributed by atoms with Crippen molar-refractivity contribution in [3.8, 4) is 0 Å². The molecule has 3 amide bonds. The first-order chi connectivity index (χ1) is 11.1. The van der Waals surface area contributed by atoms with E-state index in [0.717, 1.165) is 14.9 Å². The van der Waals surface area contributed by atoms with Gasteiger partial charge in [-0.3, -0.25) is 14.9 Å². The highest BCUT2D eigenvalue weighted by Gasteiger charge is 2.16. The van der Waals surface area contributed by atoms with Crippen molar-refractivity contribution < 1.29 is 19.1 Å². The Kier molecular flexibility index (Phi) is 7.75. The van der Waals surface area contributed by atoms with Crippen LogP contribution in [0.25, 0.3) is 0 Å². The maximum atomic E-state index is 11.7. The van der Waals surface area contributed by atoms with Crippen molar-refractivity contribution in [1.82, 2.24) is 10.6 Å². The summed E-state index contributed by atoms with van der Waals surface area (Å²) in [6, 6.07) is 5.13. The number of nitrogens with one attached hydrogen (secondary N) is 2. The van der Waals surface area contributed by atoms with Gasteiger partial charge < -0.3 is 10.1 Å². The van der Waals surface area contributed by atoms with Crippen molar-refractivity contribution in [2.45, 2.75) is 38.1 Å². The van der Waals surface area contributed by atoms with Crippen LogP contribution in [0.2, 0.25) is 0 Å². The molecule has 0 fully saturated rings. The van der Waals surface area contributed by atoms with Crippen molar-refractivity contribution in [3.63, 3.8) is 0 Å². The fourth-order valence-electron chi connectivity index (χ4n) is 1.63. The predicted molar refractivity (Wildman–Crippen MR) is 97.0 cm³/mol. The van der Waals surface area contributed by atoms with Gasteiger partial charge in [0.2, 0.25) is 0 Å². The quantitative estimate of drug-likeness (QED) is 0.569. The highest BCUT2D eigenvalue weighted by molar-refractivity contribution is 9.10. The zero-order valence-electron chi connectivity index (χ0n) is 14.1. The smallest absolute Gasteiger partial charge is 0.321 e. The lowest BCUT2D eigenvalue weighted by molar-refractivity contribution is -0.145. The van der Waals surface area contributed by atoms with Crippen LogP contribution < -0.4 is 10.6 Å². The molecule has 8 heteroatoms. The standard InChI is InChI=1S/C16H21BrN2O4S/c1-10-7-11(17)5-6-12(10)24-9-14(21)23-8-13(20)18-15(22)19-16(2,3)4/h5-7H,8-9H2,1-4H3,(H2,18,19,20,22). The molecule has 0 unspecified atom stereocenters. The van der Waals surface area contributed by atoms with Gasteiger partial charge in [-0.2, -0.15) is 0 Å². The van der Waals surface area contributed by atoms with E-state index in [-0.39, 0.29) is 5.75 Å². The van der Waals surface area contributed by atoms with E-state index in [1.165, 1.54) is 11.8 Å². The number of amides is 3. The van der Waals surface area contributed by atoms with Crippen LogP contribution in [0.3, 0.4) is 0 Å². The van der Waals surface area contributed by atoms with Gasteiger partial charge in [0.1, 0.15) is 0 Å². The molecule has 2 N–H and O–H groups in total. The van der Waals surface area contributed by atoms with Gasteiger partial charge in [-0.1, -0.05) is 15.9 Å². The summed E-state index contributed by atoms with van der Waals surface area (Å²) in [5.41, 5.74) is 0.582. The second-order valence-corrected chi connectivity index (χ2v) is 8.04. The van der Waals surface area contributed by atoms with Gasteiger partial charge in [-0.05, 0) is 51.5 Å². The number of esters is 1. The summed E-state index contributed by atoms with van der Waals surface area (Å²) in [4.78, 5) is 35.7. The molecule has 0 aliphatic rings. The Morgan fingerprint density at radius 2 is 1.92 bits per heavy atom. The molecule has 1 aromatic rings. The molecular weight excluding hydrogens is 396 g/mol. The molecule has 0 aliphatic heterocycles. The number of ether oxygens (including phenoxy) is 1. The predicted octanol–water partition coefficient (Wildman–Crippen LogP) is 3.02. The molecule has 0 aliphatic carbocycles. The molecule has 0 atom stereocenters. The molecule has 0 aromatic heterocycles. The number of hydrogen-bond acceptors (Lipinski definition) is 5. The molecule has 0 bridgehead atoms. The van der Waals surface area contributed by atoms with Crippen LogP contribution in [-0.4, -0.2) is 35.8 Å². The largest absolute Gasteiger partial charge is 0.455 e. The van der Waals surface area contributed by atoms with E-state index in [0.29, 0.717) is 0 Å². The number of rotatable bonds is 5. The Labute approximate surface area is 154 Å². The lowest BCUT2D eigenvalue weighted by atomic mass is 10.1. The zero-order valence-corrected chi connectivity index (χ0v) is 16.5. The molecular formula is C16H21BrN2O4S. The average Bonchev–Trinajstić information content (AvgIpc) is 2.42. The number of carbonyl (C=O) groups excluding carboxylic acids is 3. The molecule has 0 heterocycles. The van der Waals surface area contributed by atoms with E-state index in [9.17, 15) is 14.4 Å². The van der Waals surface area contributed by atoms with Crippen LogP contribution in [-0.2, 0) is 14.3 Å². The van der Waals surface area contributed by atoms with E-state index in [2.05, 4.69) is 26.6 Å². The van der Waals surface area contributed by atoms with E-state index in [1.807, 2.05) is 25.1 Å². The topological polar surface area (TPSA) is 84.5 Å². The SMILES string of the molecule is Cc1cc(Br)ccc1SCC(=O)OCC(=O)NC(=O)NC(C)(C)C. The monoisotopic (exact) mass is 416 g/mol. The highest BCUT2D eigenvalue weighted by Crippen LogP contribution is 2.25. The Bertz CT molecular complexity index is 629. The van der Waals surface area contributed by atoms with Crippen molar-refractivity contribution in [2.24, 2.45) is 0 Å². The second kappa shape index (κ2) is 9.08. The normalized spacial score (nSPS) is 10.9. The van der Waals surface area contributed by atoms with Gasteiger partial charge in [-0.15, -0.1) is 11.8 Å². The van der Waals surface area contributed by atoms with E-state index < -0.39 is 30.1 Å². The highest BCUT2D eigenvalue weighted by atomic mass is 79.9. The van der Waals surface area contributed by atoms with Crippen LogP contribution in [0.15, 0.2) is 27.6 Å². The van der Waals surface area contributed by atoms with Gasteiger partial charge >= 0.3 is 12.0 Å². The number of benzene rings is 1. The van der Waals surface area contributed by atoms with Crippen LogP contribution in [0.1, 0.15) is 26.3 Å². The first-order valence-corrected chi connectivity index (χ1v) is 9.01. The van der Waals surface area contributed by atoms with Crippen LogP contribution in [0.4, 0.5) is 4.79 Å². The maximum Gasteiger partial charge on any atom is 0.321 e. The van der Waals surface area contributed by atoms with Gasteiger partial charge in [0.25, 0.3) is 5.91 Å². The molecule has 132 valence electrons. The molecule has 0 spiro atoms. The van der Waals surface area contributed by atoms with Crippen molar-refractivity contribution in [1.29, 1.82) is 0 Å². The Balaban J connectivity index is 2.33. The Hall–Kier alpha value is -1.54. The van der Waals surface area contributed by atoms with Crippen molar-refractivity contribution in [3.05, 3.63) is 28.2 Å². The minimum absolute atomic E-state index is 0.0872. The summed E-state index contributed by atoms with van der Waals surface area (Å²) < 4.78 is 5.83. The molecule has 24 heavy (non-hydrogen) atoms. The summed E-state index contributed by atoms with van der Waals surface area (Å²) in [6.45, 7) is 6.82. The van der Waals surface area contributed by atoms with Crippen LogP contribution in [0, 0.1) is 6.92 Å². The summed E-state index contributed by atoms with van der Waals surface area (Å²) >= 11 is 4.71. The third-order valence-electron chi connectivity index (χ3n) is 2.59. The lowest BCUT2D eigenvalue weighted by Gasteiger charge is -2.20. The molecule has 6 nitrogen and oxygen atoms in total. The number of carbonyl (C=O) groups is 3. The van der Waals surface area contributed by atoms with E-state index >= 15 is 0 Å². The fraction of sp³-hybridized carbons (Fsp3) is 0.438. The van der Waals surface area contributed by atoms with Gasteiger partial charge in [0.05, 0.1) is 5.75 Å². The third-order valence-corrected chi connectivity index (χ3v) is 4.23. The van der Waals surface area contributed by atoms with E-state index in [4.69, 9.17) is 4.74 Å². The summed E-state index contributed by atoms with van der Waals surface area (Å²) in [5.74, 6) is -1.10. The first kappa shape index (κ1) is 20.5. The number of aryl methyl sites for hydroxylation is 1. The molecule has 0 saturated heterocycles. The van der Waals surface area contributed by atoms with Crippen molar-refractivity contribution in [2.75, 3.05) is 12.4 Å². The van der Waals surface area contributed by atoms with Gasteiger partial charge in [-0.25, -0.2) is 4.79 Å². The minimum atomic E-state index is -0.671.